The van der Waals surface area contributed by atoms with Crippen molar-refractivity contribution < 1.29 is 4.42 Å². The van der Waals surface area contributed by atoms with Crippen LogP contribution >= 0.6 is 11.3 Å². The summed E-state index contributed by atoms with van der Waals surface area (Å²) in [4.78, 5) is 4.21. The van der Waals surface area contributed by atoms with Gasteiger partial charge in [0.15, 0.2) is 0 Å². The average Bonchev–Trinajstić information content (AvgIpc) is 2.89. The molecule has 0 saturated heterocycles. The molecule has 0 saturated carbocycles. The lowest BCUT2D eigenvalue weighted by atomic mass is 10.4. The number of anilines is 1. The fourth-order valence-corrected chi connectivity index (χ4v) is 1.88. The second kappa shape index (κ2) is 5.04. The molecule has 0 aliphatic heterocycles. The molecular weight excluding hydrogens is 226 g/mol. The predicted molar refractivity (Wildman–Crippen MR) is 61.2 cm³/mol. The molecular formula is C9H13N5OS. The number of hydrogen-bond acceptors (Lipinski definition) is 7. The van der Waals surface area contributed by atoms with Crippen molar-refractivity contribution in [3.63, 3.8) is 0 Å². The second-order valence-corrected chi connectivity index (χ2v) is 4.19. The van der Waals surface area contributed by atoms with Crippen LogP contribution in [-0.4, -0.2) is 22.2 Å². The number of nitrogens with zero attached hydrogens (tertiary/aromatic N) is 3. The standard InChI is InChI=1S/C9H13N5OS/c1-6(8-11-3-4-16-8)12-9-14-13-7(15-9)5-10-2/h3-4,6,10H,5H2,1-2H3,(H,12,14). The van der Waals surface area contributed by atoms with Gasteiger partial charge in [-0.05, 0) is 14.0 Å². The smallest absolute Gasteiger partial charge is 0.316 e. The molecule has 0 fully saturated rings. The van der Waals surface area contributed by atoms with Gasteiger partial charge in [-0.1, -0.05) is 5.10 Å². The Morgan fingerprint density at radius 3 is 3.06 bits per heavy atom. The molecule has 0 aromatic carbocycles. The number of hydrogen-bond donors (Lipinski definition) is 2. The molecule has 6 nitrogen and oxygen atoms in total. The molecule has 2 aromatic heterocycles. The highest BCUT2D eigenvalue weighted by Gasteiger charge is 2.11. The zero-order chi connectivity index (χ0) is 11.4. The topological polar surface area (TPSA) is 75.9 Å². The van der Waals surface area contributed by atoms with Gasteiger partial charge < -0.3 is 15.1 Å². The summed E-state index contributed by atoms with van der Waals surface area (Å²) in [5.41, 5.74) is 0. The van der Waals surface area contributed by atoms with Crippen LogP contribution in [0.3, 0.4) is 0 Å². The van der Waals surface area contributed by atoms with E-state index in [2.05, 4.69) is 25.8 Å². The van der Waals surface area contributed by atoms with Crippen LogP contribution in [0.15, 0.2) is 16.0 Å². The number of nitrogens with one attached hydrogen (secondary N) is 2. The minimum absolute atomic E-state index is 0.0721. The summed E-state index contributed by atoms with van der Waals surface area (Å²) in [5, 5.41) is 16.8. The first-order chi connectivity index (χ1) is 7.79. The highest BCUT2D eigenvalue weighted by molar-refractivity contribution is 7.09. The molecule has 0 radical (unpaired) electrons. The average molecular weight is 239 g/mol. The van der Waals surface area contributed by atoms with E-state index < -0.39 is 0 Å². The lowest BCUT2D eigenvalue weighted by Crippen LogP contribution is -2.06. The third-order valence-corrected chi connectivity index (χ3v) is 2.91. The van der Waals surface area contributed by atoms with E-state index in [1.165, 1.54) is 0 Å². The molecule has 0 bridgehead atoms. The van der Waals surface area contributed by atoms with Crippen LogP contribution in [0.5, 0.6) is 0 Å². The van der Waals surface area contributed by atoms with E-state index in [1.807, 2.05) is 19.4 Å². The first kappa shape index (κ1) is 11.0. The van der Waals surface area contributed by atoms with Crippen molar-refractivity contribution in [3.8, 4) is 0 Å². The molecule has 86 valence electrons. The molecule has 0 spiro atoms. The Morgan fingerprint density at radius 1 is 1.50 bits per heavy atom. The van der Waals surface area contributed by atoms with Gasteiger partial charge >= 0.3 is 6.01 Å². The molecule has 2 heterocycles. The lowest BCUT2D eigenvalue weighted by molar-refractivity contribution is 0.486. The van der Waals surface area contributed by atoms with Crippen molar-refractivity contribution >= 4 is 17.4 Å². The predicted octanol–water partition coefficient (Wildman–Crippen LogP) is 1.42. The fourth-order valence-electron chi connectivity index (χ4n) is 1.23. The Morgan fingerprint density at radius 2 is 2.38 bits per heavy atom. The first-order valence-electron chi connectivity index (χ1n) is 4.92. The minimum atomic E-state index is 0.0721. The molecule has 2 aromatic rings. The van der Waals surface area contributed by atoms with E-state index in [9.17, 15) is 0 Å². The normalized spacial score (nSPS) is 12.6. The summed E-state index contributed by atoms with van der Waals surface area (Å²) >= 11 is 1.59. The number of aromatic nitrogens is 3. The van der Waals surface area contributed by atoms with Gasteiger partial charge in [0.1, 0.15) is 5.01 Å². The van der Waals surface area contributed by atoms with Crippen LogP contribution in [0, 0.1) is 0 Å². The van der Waals surface area contributed by atoms with E-state index >= 15 is 0 Å². The summed E-state index contributed by atoms with van der Waals surface area (Å²) in [6.07, 6.45) is 1.78. The van der Waals surface area contributed by atoms with Crippen LogP contribution in [0.2, 0.25) is 0 Å². The van der Waals surface area contributed by atoms with Gasteiger partial charge in [-0.25, -0.2) is 4.98 Å². The largest absolute Gasteiger partial charge is 0.407 e. The quantitative estimate of drug-likeness (QED) is 0.821. The van der Waals surface area contributed by atoms with Crippen LogP contribution in [0.1, 0.15) is 23.9 Å². The number of thiazole rings is 1. The van der Waals surface area contributed by atoms with Crippen molar-refractivity contribution in [2.75, 3.05) is 12.4 Å². The molecule has 0 aliphatic rings. The van der Waals surface area contributed by atoms with E-state index in [1.54, 1.807) is 17.5 Å². The van der Waals surface area contributed by atoms with E-state index in [-0.39, 0.29) is 6.04 Å². The monoisotopic (exact) mass is 239 g/mol. The van der Waals surface area contributed by atoms with Gasteiger partial charge in [0.05, 0.1) is 12.6 Å². The number of rotatable bonds is 5. The summed E-state index contributed by atoms with van der Waals surface area (Å²) in [6.45, 7) is 2.57. The highest BCUT2D eigenvalue weighted by Crippen LogP contribution is 2.19. The molecule has 2 rings (SSSR count). The summed E-state index contributed by atoms with van der Waals surface area (Å²) < 4.78 is 5.37. The lowest BCUT2D eigenvalue weighted by Gasteiger charge is -2.07. The minimum Gasteiger partial charge on any atom is -0.407 e. The molecule has 1 unspecified atom stereocenters. The van der Waals surface area contributed by atoms with Crippen LogP contribution in [-0.2, 0) is 6.54 Å². The zero-order valence-corrected chi connectivity index (χ0v) is 9.91. The maximum atomic E-state index is 5.37. The van der Waals surface area contributed by atoms with E-state index in [4.69, 9.17) is 4.42 Å². The van der Waals surface area contributed by atoms with Crippen LogP contribution < -0.4 is 10.6 Å². The van der Waals surface area contributed by atoms with Crippen LogP contribution in [0.4, 0.5) is 6.01 Å². The molecule has 2 N–H and O–H groups in total. The van der Waals surface area contributed by atoms with Gasteiger partial charge in [0.2, 0.25) is 5.89 Å². The van der Waals surface area contributed by atoms with Crippen molar-refractivity contribution in [1.82, 2.24) is 20.5 Å². The van der Waals surface area contributed by atoms with Crippen molar-refractivity contribution in [2.24, 2.45) is 0 Å². The van der Waals surface area contributed by atoms with Crippen molar-refractivity contribution in [3.05, 3.63) is 22.5 Å². The van der Waals surface area contributed by atoms with E-state index in [0.717, 1.165) is 5.01 Å². The van der Waals surface area contributed by atoms with Crippen molar-refractivity contribution in [1.29, 1.82) is 0 Å². The molecule has 1 atom stereocenters. The SMILES string of the molecule is CNCc1nnc(NC(C)c2nccs2)o1. The Kier molecular flexibility index (Phi) is 3.47. The summed E-state index contributed by atoms with van der Waals surface area (Å²) in [5.74, 6) is 0.566. The third kappa shape index (κ3) is 2.56. The second-order valence-electron chi connectivity index (χ2n) is 3.27. The van der Waals surface area contributed by atoms with Gasteiger partial charge in [0.25, 0.3) is 0 Å². The van der Waals surface area contributed by atoms with Gasteiger partial charge in [-0.15, -0.1) is 16.4 Å². The summed E-state index contributed by atoms with van der Waals surface area (Å²) in [6, 6.07) is 0.496. The Balaban J connectivity index is 1.98. The van der Waals surface area contributed by atoms with Gasteiger partial charge in [-0.3, -0.25) is 0 Å². The Bertz CT molecular complexity index is 427. The van der Waals surface area contributed by atoms with E-state index in [0.29, 0.717) is 18.5 Å². The maximum absolute atomic E-state index is 5.37. The Labute approximate surface area is 97.1 Å². The molecule has 16 heavy (non-hydrogen) atoms. The zero-order valence-electron chi connectivity index (χ0n) is 9.10. The highest BCUT2D eigenvalue weighted by atomic mass is 32.1. The molecule has 7 heteroatoms. The first-order valence-corrected chi connectivity index (χ1v) is 5.80. The molecule has 0 aliphatic carbocycles. The van der Waals surface area contributed by atoms with Gasteiger partial charge in [0, 0.05) is 11.6 Å². The fraction of sp³-hybridized carbons (Fsp3) is 0.444. The Hall–Kier alpha value is -1.47. The molecule has 0 amide bonds. The maximum Gasteiger partial charge on any atom is 0.316 e. The van der Waals surface area contributed by atoms with Gasteiger partial charge in [-0.2, -0.15) is 0 Å². The summed E-state index contributed by atoms with van der Waals surface area (Å²) in [7, 11) is 1.83. The van der Waals surface area contributed by atoms with Crippen molar-refractivity contribution in [2.45, 2.75) is 19.5 Å². The van der Waals surface area contributed by atoms with Crippen LogP contribution in [0.25, 0.3) is 0 Å². The third-order valence-electron chi connectivity index (χ3n) is 1.96.